The fraction of sp³-hybridized carbons (Fsp3) is 0.471. The number of carbonyl (C=O) groups excluding carboxylic acids is 1. The summed E-state index contributed by atoms with van der Waals surface area (Å²) in [5.74, 6) is -0.809. The number of H-pyrrole nitrogens is 1. The van der Waals surface area contributed by atoms with E-state index in [0.29, 0.717) is 5.82 Å². The number of nitrogens with one attached hydrogen (secondary N) is 1. The summed E-state index contributed by atoms with van der Waals surface area (Å²) >= 11 is 0. The lowest BCUT2D eigenvalue weighted by molar-refractivity contribution is -0.140. The first kappa shape index (κ1) is 17.3. The van der Waals surface area contributed by atoms with Crippen LogP contribution in [0.15, 0.2) is 18.2 Å². The number of aliphatic carboxylic acids is 1. The van der Waals surface area contributed by atoms with Gasteiger partial charge in [0.15, 0.2) is 0 Å². The zero-order valence-corrected chi connectivity index (χ0v) is 13.9. The Labute approximate surface area is 143 Å². The number of hydrogen-bond donors (Lipinski definition) is 2. The number of rotatable bonds is 6. The highest BCUT2D eigenvalue weighted by Crippen LogP contribution is 2.20. The molecule has 2 N–H and O–H groups in total. The summed E-state index contributed by atoms with van der Waals surface area (Å²) in [5, 5.41) is 8.62. The Balaban J connectivity index is 1.55. The minimum absolute atomic E-state index is 0.0670. The molecule has 0 spiro atoms. The summed E-state index contributed by atoms with van der Waals surface area (Å²) in [6.45, 7) is 2.16. The van der Waals surface area contributed by atoms with Crippen molar-refractivity contribution in [3.05, 3.63) is 29.6 Å². The third-order valence-electron chi connectivity index (χ3n) is 4.22. The van der Waals surface area contributed by atoms with Gasteiger partial charge in [-0.1, -0.05) is 6.07 Å². The average molecular weight is 349 g/mol. The molecule has 1 aliphatic rings. The summed E-state index contributed by atoms with van der Waals surface area (Å²) in [4.78, 5) is 31.3. The summed E-state index contributed by atoms with van der Waals surface area (Å²) in [6, 6.07) is 5.84. The van der Waals surface area contributed by atoms with E-state index in [0.717, 1.165) is 16.6 Å². The smallest absolute Gasteiger partial charge is 0.303 e. The van der Waals surface area contributed by atoms with Gasteiger partial charge in [0, 0.05) is 13.0 Å². The number of fused-ring (bicyclic) bond motifs is 1. The summed E-state index contributed by atoms with van der Waals surface area (Å²) in [6.07, 6.45) is -2.40. The maximum absolute atomic E-state index is 14.1. The highest BCUT2D eigenvalue weighted by Gasteiger charge is 2.36. The SMILES string of the molecule is Cc1ccc2nc(CO[C@H]3CN(C(=O)CCC(=O)O)C[C@H]3F)[nH]c2c1. The van der Waals surface area contributed by atoms with Gasteiger partial charge < -0.3 is 19.7 Å². The minimum Gasteiger partial charge on any atom is -0.481 e. The van der Waals surface area contributed by atoms with E-state index in [1.54, 1.807) is 0 Å². The number of carbonyl (C=O) groups is 2. The van der Waals surface area contributed by atoms with Gasteiger partial charge in [-0.15, -0.1) is 0 Å². The summed E-state index contributed by atoms with van der Waals surface area (Å²) in [7, 11) is 0. The fourth-order valence-electron chi connectivity index (χ4n) is 2.90. The Morgan fingerprint density at radius 3 is 2.96 bits per heavy atom. The van der Waals surface area contributed by atoms with Crippen LogP contribution in [-0.2, 0) is 20.9 Å². The Morgan fingerprint density at radius 1 is 1.40 bits per heavy atom. The van der Waals surface area contributed by atoms with E-state index >= 15 is 0 Å². The molecule has 7 nitrogen and oxygen atoms in total. The highest BCUT2D eigenvalue weighted by molar-refractivity contribution is 5.81. The van der Waals surface area contributed by atoms with Crippen molar-refractivity contribution in [1.82, 2.24) is 14.9 Å². The molecule has 0 saturated carbocycles. The van der Waals surface area contributed by atoms with Crippen LogP contribution in [0, 0.1) is 6.92 Å². The van der Waals surface area contributed by atoms with Crippen molar-refractivity contribution in [2.24, 2.45) is 0 Å². The molecule has 0 unspecified atom stereocenters. The van der Waals surface area contributed by atoms with Gasteiger partial charge >= 0.3 is 5.97 Å². The predicted octanol–water partition coefficient (Wildman–Crippen LogP) is 1.80. The number of aromatic nitrogens is 2. The lowest BCUT2D eigenvalue weighted by atomic mass is 10.2. The molecule has 0 radical (unpaired) electrons. The maximum Gasteiger partial charge on any atom is 0.303 e. The van der Waals surface area contributed by atoms with Crippen molar-refractivity contribution in [3.63, 3.8) is 0 Å². The zero-order valence-electron chi connectivity index (χ0n) is 13.9. The minimum atomic E-state index is -1.29. The molecular formula is C17H20FN3O4. The van der Waals surface area contributed by atoms with Crippen molar-refractivity contribution in [2.45, 2.75) is 38.6 Å². The molecule has 1 aliphatic heterocycles. The number of aromatic amines is 1. The molecule has 0 bridgehead atoms. The first-order valence-electron chi connectivity index (χ1n) is 8.13. The average Bonchev–Trinajstić information content (AvgIpc) is 3.13. The number of ether oxygens (including phenoxy) is 1. The van der Waals surface area contributed by atoms with Gasteiger partial charge in [0.2, 0.25) is 5.91 Å². The Kier molecular flexibility index (Phi) is 4.98. The van der Waals surface area contributed by atoms with Crippen molar-refractivity contribution < 1.29 is 23.8 Å². The number of amides is 1. The van der Waals surface area contributed by atoms with Crippen LogP contribution >= 0.6 is 0 Å². The summed E-state index contributed by atoms with van der Waals surface area (Å²) < 4.78 is 19.7. The second kappa shape index (κ2) is 7.18. The number of hydrogen-bond acceptors (Lipinski definition) is 4. The van der Waals surface area contributed by atoms with Crippen LogP contribution in [0.2, 0.25) is 0 Å². The number of carboxylic acids is 1. The Hall–Kier alpha value is -2.48. The molecule has 2 heterocycles. The number of nitrogens with zero attached hydrogens (tertiary/aromatic N) is 2. The number of likely N-dealkylation sites (tertiary alicyclic amines) is 1. The molecule has 1 saturated heterocycles. The normalized spacial score (nSPS) is 20.3. The van der Waals surface area contributed by atoms with E-state index in [4.69, 9.17) is 9.84 Å². The highest BCUT2D eigenvalue weighted by atomic mass is 19.1. The van der Waals surface area contributed by atoms with Crippen LogP contribution in [-0.4, -0.2) is 57.2 Å². The van der Waals surface area contributed by atoms with E-state index in [1.165, 1.54) is 4.90 Å². The van der Waals surface area contributed by atoms with Gasteiger partial charge in [-0.05, 0) is 24.6 Å². The molecule has 1 fully saturated rings. The molecule has 1 amide bonds. The molecule has 2 aromatic rings. The van der Waals surface area contributed by atoms with Crippen molar-refractivity contribution >= 4 is 22.9 Å². The largest absolute Gasteiger partial charge is 0.481 e. The second-order valence-electron chi connectivity index (χ2n) is 6.26. The number of imidazole rings is 1. The lowest BCUT2D eigenvalue weighted by Crippen LogP contribution is -2.30. The fourth-order valence-corrected chi connectivity index (χ4v) is 2.90. The van der Waals surface area contributed by atoms with Crippen LogP contribution in [0.5, 0.6) is 0 Å². The van der Waals surface area contributed by atoms with E-state index in [9.17, 15) is 14.0 Å². The number of halogens is 1. The third-order valence-corrected chi connectivity index (χ3v) is 4.22. The number of alkyl halides is 1. The van der Waals surface area contributed by atoms with Gasteiger partial charge in [0.05, 0.1) is 24.0 Å². The number of carboxylic acid groups (broad SMARTS) is 1. The molecular weight excluding hydrogens is 329 g/mol. The molecule has 1 aromatic carbocycles. The standard InChI is InChI=1S/C17H20FN3O4/c1-10-2-3-12-13(6-10)20-15(19-12)9-25-14-8-21(7-11(14)18)16(22)4-5-17(23)24/h2-3,6,11,14H,4-5,7-9H2,1H3,(H,19,20)(H,23,24)/t11-,14+/m1/s1. The lowest BCUT2D eigenvalue weighted by Gasteiger charge is -2.15. The van der Waals surface area contributed by atoms with Gasteiger partial charge in [-0.3, -0.25) is 9.59 Å². The Morgan fingerprint density at radius 2 is 2.20 bits per heavy atom. The van der Waals surface area contributed by atoms with Crippen molar-refractivity contribution in [1.29, 1.82) is 0 Å². The van der Waals surface area contributed by atoms with E-state index < -0.39 is 18.2 Å². The zero-order chi connectivity index (χ0) is 18.0. The molecule has 3 rings (SSSR count). The van der Waals surface area contributed by atoms with E-state index in [1.807, 2.05) is 25.1 Å². The van der Waals surface area contributed by atoms with Crippen molar-refractivity contribution in [2.75, 3.05) is 13.1 Å². The van der Waals surface area contributed by atoms with Gasteiger partial charge in [-0.25, -0.2) is 9.37 Å². The van der Waals surface area contributed by atoms with Crippen molar-refractivity contribution in [3.8, 4) is 0 Å². The monoisotopic (exact) mass is 349 g/mol. The van der Waals surface area contributed by atoms with Crippen LogP contribution in [0.25, 0.3) is 11.0 Å². The molecule has 1 aromatic heterocycles. The van der Waals surface area contributed by atoms with E-state index in [-0.39, 0.29) is 38.4 Å². The number of benzene rings is 1. The van der Waals surface area contributed by atoms with Gasteiger partial charge in [0.25, 0.3) is 0 Å². The quantitative estimate of drug-likeness (QED) is 0.829. The van der Waals surface area contributed by atoms with Crippen LogP contribution < -0.4 is 0 Å². The summed E-state index contributed by atoms with van der Waals surface area (Å²) in [5.41, 5.74) is 2.82. The van der Waals surface area contributed by atoms with E-state index in [2.05, 4.69) is 9.97 Å². The van der Waals surface area contributed by atoms with Gasteiger partial charge in [-0.2, -0.15) is 0 Å². The maximum atomic E-state index is 14.1. The topological polar surface area (TPSA) is 95.5 Å². The first-order valence-corrected chi connectivity index (χ1v) is 8.13. The van der Waals surface area contributed by atoms with Crippen LogP contribution in [0.4, 0.5) is 4.39 Å². The van der Waals surface area contributed by atoms with Gasteiger partial charge in [0.1, 0.15) is 24.7 Å². The third kappa shape index (κ3) is 4.14. The number of aryl methyl sites for hydroxylation is 1. The first-order chi connectivity index (χ1) is 11.9. The molecule has 2 atom stereocenters. The molecule has 8 heteroatoms. The Bertz CT molecular complexity index is 791. The second-order valence-corrected chi connectivity index (χ2v) is 6.26. The van der Waals surface area contributed by atoms with Crippen LogP contribution in [0.3, 0.4) is 0 Å². The molecule has 134 valence electrons. The molecule has 25 heavy (non-hydrogen) atoms. The van der Waals surface area contributed by atoms with Crippen LogP contribution in [0.1, 0.15) is 24.2 Å². The predicted molar refractivity (Wildman–Crippen MR) is 87.8 cm³/mol. The molecule has 0 aliphatic carbocycles.